The highest BCUT2D eigenvalue weighted by atomic mass is 16.5. The van der Waals surface area contributed by atoms with Gasteiger partial charge in [-0.2, -0.15) is 0 Å². The normalized spacial score (nSPS) is 11.8. The van der Waals surface area contributed by atoms with E-state index in [-0.39, 0.29) is 5.97 Å². The second-order valence-electron chi connectivity index (χ2n) is 10.4. The van der Waals surface area contributed by atoms with Gasteiger partial charge < -0.3 is 4.74 Å². The summed E-state index contributed by atoms with van der Waals surface area (Å²) in [6.45, 7) is 5.69. The highest BCUT2D eigenvalue weighted by Crippen LogP contribution is 2.12. The fourth-order valence-corrected chi connectivity index (χ4v) is 4.67. The van der Waals surface area contributed by atoms with E-state index >= 15 is 0 Å². The van der Waals surface area contributed by atoms with Gasteiger partial charge in [-0.1, -0.05) is 119 Å². The molecule has 0 aliphatic carbocycles. The summed E-state index contributed by atoms with van der Waals surface area (Å²) in [7, 11) is 1.47. The van der Waals surface area contributed by atoms with Crippen molar-refractivity contribution in [2.75, 3.05) is 20.2 Å². The highest BCUT2D eigenvalue weighted by molar-refractivity contribution is 5.68. The zero-order chi connectivity index (χ0) is 26.7. The maximum atomic E-state index is 11.2. The molecule has 1 aromatic carbocycles. The Labute approximate surface area is 229 Å². The van der Waals surface area contributed by atoms with E-state index in [2.05, 4.69) is 66.5 Å². The molecule has 0 saturated heterocycles. The number of benzene rings is 1. The third-order valence-electron chi connectivity index (χ3n) is 7.01. The number of hydrogen-bond donors (Lipinski definition) is 0. The van der Waals surface area contributed by atoms with E-state index in [0.717, 1.165) is 25.8 Å². The average molecular weight is 512 g/mol. The van der Waals surface area contributed by atoms with Crippen LogP contribution in [-0.2, 0) is 16.1 Å². The van der Waals surface area contributed by atoms with Crippen LogP contribution >= 0.6 is 0 Å². The van der Waals surface area contributed by atoms with Gasteiger partial charge in [-0.3, -0.25) is 9.69 Å². The lowest BCUT2D eigenvalue weighted by atomic mass is 10.1. The van der Waals surface area contributed by atoms with Crippen molar-refractivity contribution >= 4 is 5.97 Å². The Morgan fingerprint density at radius 1 is 0.703 bits per heavy atom. The Morgan fingerprint density at radius 2 is 1.24 bits per heavy atom. The summed E-state index contributed by atoms with van der Waals surface area (Å²) in [6, 6.07) is 10.9. The van der Waals surface area contributed by atoms with Crippen molar-refractivity contribution < 1.29 is 9.53 Å². The van der Waals surface area contributed by atoms with E-state index in [1.807, 2.05) is 0 Å². The first-order valence-electron chi connectivity index (χ1n) is 15.4. The van der Waals surface area contributed by atoms with Gasteiger partial charge in [0, 0.05) is 13.0 Å². The molecule has 37 heavy (non-hydrogen) atoms. The smallest absolute Gasteiger partial charge is 0.305 e. The van der Waals surface area contributed by atoms with Crippen LogP contribution < -0.4 is 0 Å². The molecule has 3 nitrogen and oxygen atoms in total. The lowest BCUT2D eigenvalue weighted by Gasteiger charge is -2.22. The van der Waals surface area contributed by atoms with Crippen LogP contribution in [0, 0.1) is 0 Å². The molecule has 0 atom stereocenters. The van der Waals surface area contributed by atoms with E-state index in [9.17, 15) is 4.79 Å². The van der Waals surface area contributed by atoms with Crippen molar-refractivity contribution in [3.8, 4) is 0 Å². The lowest BCUT2D eigenvalue weighted by molar-refractivity contribution is -0.140. The number of rotatable bonds is 25. The zero-order valence-electron chi connectivity index (χ0n) is 24.3. The molecule has 1 aromatic rings. The van der Waals surface area contributed by atoms with Gasteiger partial charge >= 0.3 is 5.97 Å². The maximum absolute atomic E-state index is 11.2. The molecule has 0 amide bonds. The highest BCUT2D eigenvalue weighted by Gasteiger charge is 2.06. The number of unbranched alkanes of at least 4 members (excludes halogenated alkanes) is 13. The first-order valence-corrected chi connectivity index (χ1v) is 15.4. The van der Waals surface area contributed by atoms with Crippen LogP contribution in [0.25, 0.3) is 0 Å². The zero-order valence-corrected chi connectivity index (χ0v) is 24.3. The molecule has 0 aliphatic rings. The Balaban J connectivity index is 2.10. The number of carbonyl (C=O) groups excluding carboxylic acids is 1. The number of methoxy groups -OCH3 is 1. The summed E-state index contributed by atoms with van der Waals surface area (Å²) in [4.78, 5) is 13.9. The number of hydrogen-bond acceptors (Lipinski definition) is 3. The summed E-state index contributed by atoms with van der Waals surface area (Å²) in [5.41, 5.74) is 1.42. The summed E-state index contributed by atoms with van der Waals surface area (Å²) in [6.07, 6.45) is 31.4. The van der Waals surface area contributed by atoms with Crippen molar-refractivity contribution in [3.05, 3.63) is 60.2 Å². The predicted molar refractivity (Wildman–Crippen MR) is 161 cm³/mol. The van der Waals surface area contributed by atoms with Gasteiger partial charge in [-0.05, 0) is 70.0 Å². The third kappa shape index (κ3) is 21.9. The van der Waals surface area contributed by atoms with Crippen LogP contribution in [0.5, 0.6) is 0 Å². The molecular weight excluding hydrogens is 454 g/mol. The van der Waals surface area contributed by atoms with Gasteiger partial charge in [-0.25, -0.2) is 0 Å². The van der Waals surface area contributed by atoms with Crippen molar-refractivity contribution in [2.45, 2.75) is 129 Å². The van der Waals surface area contributed by atoms with Gasteiger partial charge in [0.25, 0.3) is 0 Å². The van der Waals surface area contributed by atoms with Crippen molar-refractivity contribution in [3.63, 3.8) is 0 Å². The molecule has 210 valence electrons. The van der Waals surface area contributed by atoms with Crippen molar-refractivity contribution in [1.82, 2.24) is 4.90 Å². The maximum Gasteiger partial charge on any atom is 0.305 e. The average Bonchev–Trinajstić information content (AvgIpc) is 2.92. The van der Waals surface area contributed by atoms with Gasteiger partial charge in [0.15, 0.2) is 0 Å². The predicted octanol–water partition coefficient (Wildman–Crippen LogP) is 9.82. The standard InChI is InChI=1S/C34H57NO2/c1-3-4-5-6-7-8-9-10-11-12-13-14-15-16-19-25-30-35(32-33-27-22-21-23-28-33)31-26-20-17-18-24-29-34(36)37-2/h8-9,11-12,21-23,27-28H,3-7,10,13-20,24-26,29-32H2,1-2H3/b9-8-,12-11-. The van der Waals surface area contributed by atoms with Crippen LogP contribution in [0.1, 0.15) is 128 Å². The molecular formula is C34H57NO2. The molecule has 0 bridgehead atoms. The minimum atomic E-state index is -0.0817. The SMILES string of the molecule is CCCCCC/C=C\C/C=C\CCCCCCCN(CCCCCCCC(=O)OC)Cc1ccccc1. The summed E-state index contributed by atoms with van der Waals surface area (Å²) < 4.78 is 4.72. The first-order chi connectivity index (χ1) is 18.3. The van der Waals surface area contributed by atoms with Gasteiger partial charge in [0.1, 0.15) is 0 Å². The van der Waals surface area contributed by atoms with E-state index in [4.69, 9.17) is 4.74 Å². The molecule has 0 aliphatic heterocycles. The van der Waals surface area contributed by atoms with Crippen LogP contribution in [0.15, 0.2) is 54.6 Å². The molecule has 0 heterocycles. The Bertz CT molecular complexity index is 682. The minimum absolute atomic E-state index is 0.0817. The van der Waals surface area contributed by atoms with E-state index in [1.165, 1.54) is 116 Å². The summed E-state index contributed by atoms with van der Waals surface area (Å²) >= 11 is 0. The molecule has 3 heteroatoms. The molecule has 1 rings (SSSR count). The first kappa shape index (κ1) is 33.2. The fourth-order valence-electron chi connectivity index (χ4n) is 4.67. The van der Waals surface area contributed by atoms with E-state index < -0.39 is 0 Å². The molecule has 0 unspecified atom stereocenters. The molecule has 0 fully saturated rings. The van der Waals surface area contributed by atoms with Crippen LogP contribution in [0.4, 0.5) is 0 Å². The van der Waals surface area contributed by atoms with Crippen LogP contribution in [-0.4, -0.2) is 31.1 Å². The third-order valence-corrected chi connectivity index (χ3v) is 7.01. The quantitative estimate of drug-likeness (QED) is 0.0743. The molecule has 0 N–H and O–H groups in total. The molecule has 0 aromatic heterocycles. The topological polar surface area (TPSA) is 29.5 Å². The summed E-state index contributed by atoms with van der Waals surface area (Å²) in [5, 5.41) is 0. The Kier molecular flexibility index (Phi) is 23.1. The van der Waals surface area contributed by atoms with Crippen LogP contribution in [0.2, 0.25) is 0 Å². The second-order valence-corrected chi connectivity index (χ2v) is 10.4. The van der Waals surface area contributed by atoms with Gasteiger partial charge in [-0.15, -0.1) is 0 Å². The number of nitrogens with zero attached hydrogens (tertiary/aromatic N) is 1. The monoisotopic (exact) mass is 511 g/mol. The number of ether oxygens (including phenoxy) is 1. The number of carbonyl (C=O) groups is 1. The van der Waals surface area contributed by atoms with Crippen molar-refractivity contribution in [2.24, 2.45) is 0 Å². The number of allylic oxidation sites excluding steroid dienone is 4. The van der Waals surface area contributed by atoms with Crippen molar-refractivity contribution in [1.29, 1.82) is 0 Å². The molecule has 0 spiro atoms. The minimum Gasteiger partial charge on any atom is -0.469 e. The molecule has 0 radical (unpaired) electrons. The van der Waals surface area contributed by atoms with E-state index in [0.29, 0.717) is 6.42 Å². The lowest BCUT2D eigenvalue weighted by Crippen LogP contribution is -2.25. The molecule has 0 saturated carbocycles. The van der Waals surface area contributed by atoms with Gasteiger partial charge in [0.2, 0.25) is 0 Å². The largest absolute Gasteiger partial charge is 0.469 e. The summed E-state index contributed by atoms with van der Waals surface area (Å²) in [5.74, 6) is -0.0817. The Morgan fingerprint density at radius 3 is 1.84 bits per heavy atom. The van der Waals surface area contributed by atoms with Gasteiger partial charge in [0.05, 0.1) is 7.11 Å². The Hall–Kier alpha value is -1.87. The van der Waals surface area contributed by atoms with Crippen LogP contribution in [0.3, 0.4) is 0 Å². The van der Waals surface area contributed by atoms with E-state index in [1.54, 1.807) is 0 Å². The number of esters is 1. The second kappa shape index (κ2) is 25.8. The fraction of sp³-hybridized carbons (Fsp3) is 0.676.